The molecule has 5 rings (SSSR count). The van der Waals surface area contributed by atoms with Crippen LogP contribution in [-0.2, 0) is 4.79 Å². The molecule has 0 N–H and O–H groups in total. The minimum Gasteiger partial charge on any atom is -0.304 e. The summed E-state index contributed by atoms with van der Waals surface area (Å²) in [7, 11) is 0. The van der Waals surface area contributed by atoms with Crippen LogP contribution in [-0.4, -0.2) is 27.0 Å². The van der Waals surface area contributed by atoms with E-state index in [2.05, 4.69) is 16.7 Å². The summed E-state index contributed by atoms with van der Waals surface area (Å²) in [6.45, 7) is 6.09. The molecule has 0 aliphatic carbocycles. The Bertz CT molecular complexity index is 1420. The Kier molecular flexibility index (Phi) is 3.92. The predicted molar refractivity (Wildman–Crippen MR) is 114 cm³/mol. The topological polar surface area (TPSA) is 67.6 Å². The number of carbonyl (C=O) groups excluding carboxylic acids is 1. The standard InChI is InChI=1S/C22H16N4O2S/c1-3-12-25-16-11-7-6-10-15(16)17(20(25)27)18-21(28)26-22(29-18)23-19(24-26)14-9-5-4-8-13(14)2/h3-11H,1,12H2,2H3. The molecule has 0 saturated heterocycles. The molecule has 1 amide bonds. The van der Waals surface area contributed by atoms with Gasteiger partial charge < -0.3 is 4.90 Å². The smallest absolute Gasteiger partial charge is 0.291 e. The molecule has 0 radical (unpaired) electrons. The zero-order valence-electron chi connectivity index (χ0n) is 15.6. The fourth-order valence-electron chi connectivity index (χ4n) is 3.63. The van der Waals surface area contributed by atoms with E-state index in [0.29, 0.717) is 27.4 Å². The average molecular weight is 400 g/mol. The number of amides is 1. The molecule has 29 heavy (non-hydrogen) atoms. The van der Waals surface area contributed by atoms with E-state index in [4.69, 9.17) is 0 Å². The van der Waals surface area contributed by atoms with E-state index in [1.807, 2.05) is 55.5 Å². The van der Waals surface area contributed by atoms with Gasteiger partial charge in [-0.25, -0.2) is 0 Å². The van der Waals surface area contributed by atoms with Crippen molar-refractivity contribution in [2.75, 3.05) is 11.4 Å². The van der Waals surface area contributed by atoms with Crippen LogP contribution in [0.2, 0.25) is 0 Å². The molecular weight excluding hydrogens is 384 g/mol. The molecule has 2 aromatic heterocycles. The van der Waals surface area contributed by atoms with Gasteiger partial charge in [0.15, 0.2) is 5.82 Å². The van der Waals surface area contributed by atoms with E-state index in [9.17, 15) is 9.59 Å². The van der Waals surface area contributed by atoms with E-state index >= 15 is 0 Å². The largest absolute Gasteiger partial charge is 0.304 e. The number of fused-ring (bicyclic) bond motifs is 2. The zero-order valence-corrected chi connectivity index (χ0v) is 16.4. The van der Waals surface area contributed by atoms with Crippen molar-refractivity contribution in [1.29, 1.82) is 0 Å². The van der Waals surface area contributed by atoms with Gasteiger partial charge in [0.05, 0.1) is 11.3 Å². The number of thiazole rings is 1. The zero-order chi connectivity index (χ0) is 20.1. The molecule has 7 heteroatoms. The first-order chi connectivity index (χ1) is 14.1. The Balaban J connectivity index is 1.75. The Morgan fingerprint density at radius 3 is 2.52 bits per heavy atom. The molecule has 2 aromatic carbocycles. The number of nitrogens with zero attached hydrogens (tertiary/aromatic N) is 4. The Labute approximate surface area is 170 Å². The van der Waals surface area contributed by atoms with Gasteiger partial charge in [0.1, 0.15) is 4.53 Å². The summed E-state index contributed by atoms with van der Waals surface area (Å²) in [4.78, 5) is 32.9. The number of aromatic nitrogens is 3. The molecular formula is C22H16N4O2S. The molecule has 0 atom stereocenters. The van der Waals surface area contributed by atoms with Gasteiger partial charge in [0, 0.05) is 17.7 Å². The summed E-state index contributed by atoms with van der Waals surface area (Å²) >= 11 is 1.20. The van der Waals surface area contributed by atoms with Gasteiger partial charge in [-0.2, -0.15) is 9.50 Å². The van der Waals surface area contributed by atoms with Gasteiger partial charge in [0.25, 0.3) is 11.5 Å². The lowest BCUT2D eigenvalue weighted by Crippen LogP contribution is -2.32. The highest BCUT2D eigenvalue weighted by Gasteiger charge is 2.33. The van der Waals surface area contributed by atoms with Crippen LogP contribution in [0.4, 0.5) is 5.69 Å². The second-order valence-electron chi connectivity index (χ2n) is 6.78. The molecule has 3 heterocycles. The maximum absolute atomic E-state index is 13.1. The van der Waals surface area contributed by atoms with E-state index in [1.54, 1.807) is 11.0 Å². The van der Waals surface area contributed by atoms with Crippen LogP contribution < -0.4 is 15.0 Å². The molecule has 4 aromatic rings. The molecule has 0 bridgehead atoms. The molecule has 1 aliphatic rings. The highest BCUT2D eigenvalue weighted by atomic mass is 32.1. The highest BCUT2D eigenvalue weighted by Crippen LogP contribution is 2.35. The number of anilines is 1. The van der Waals surface area contributed by atoms with Crippen LogP contribution in [0.15, 0.2) is 66.0 Å². The Hall–Kier alpha value is -3.58. The molecule has 0 unspecified atom stereocenters. The van der Waals surface area contributed by atoms with Crippen LogP contribution in [0.5, 0.6) is 0 Å². The predicted octanol–water partition coefficient (Wildman–Crippen LogP) is 2.58. The van der Waals surface area contributed by atoms with Gasteiger partial charge >= 0.3 is 0 Å². The van der Waals surface area contributed by atoms with E-state index in [1.165, 1.54) is 15.9 Å². The molecule has 0 spiro atoms. The van der Waals surface area contributed by atoms with E-state index in [-0.39, 0.29) is 11.5 Å². The normalized spacial score (nSPS) is 15.2. The lowest BCUT2D eigenvalue weighted by atomic mass is 10.1. The van der Waals surface area contributed by atoms with Gasteiger partial charge in [-0.3, -0.25) is 9.59 Å². The summed E-state index contributed by atoms with van der Waals surface area (Å²) in [6, 6.07) is 15.2. The van der Waals surface area contributed by atoms with Crippen molar-refractivity contribution < 1.29 is 4.79 Å². The van der Waals surface area contributed by atoms with Crippen LogP contribution in [0, 0.1) is 6.92 Å². The van der Waals surface area contributed by atoms with Crippen molar-refractivity contribution >= 4 is 33.5 Å². The molecule has 142 valence electrons. The van der Waals surface area contributed by atoms with Crippen molar-refractivity contribution in [1.82, 2.24) is 14.6 Å². The number of carbonyl (C=O) groups is 1. The monoisotopic (exact) mass is 400 g/mol. The van der Waals surface area contributed by atoms with Crippen LogP contribution in [0.1, 0.15) is 11.1 Å². The number of hydrogen-bond donors (Lipinski definition) is 0. The molecule has 1 aliphatic heterocycles. The number of para-hydroxylation sites is 1. The third-order valence-electron chi connectivity index (χ3n) is 5.01. The fraction of sp³-hybridized carbons (Fsp3) is 0.0909. The summed E-state index contributed by atoms with van der Waals surface area (Å²) < 4.78 is 1.65. The van der Waals surface area contributed by atoms with Crippen molar-refractivity contribution in [3.8, 4) is 11.4 Å². The molecule has 6 nitrogen and oxygen atoms in total. The summed E-state index contributed by atoms with van der Waals surface area (Å²) in [5, 5.41) is 4.42. The third-order valence-corrected chi connectivity index (χ3v) is 6.03. The minimum absolute atomic E-state index is 0.202. The Morgan fingerprint density at radius 1 is 1.07 bits per heavy atom. The highest BCUT2D eigenvalue weighted by molar-refractivity contribution is 7.15. The maximum atomic E-state index is 13.1. The number of hydrogen-bond acceptors (Lipinski definition) is 5. The maximum Gasteiger partial charge on any atom is 0.291 e. The van der Waals surface area contributed by atoms with Crippen molar-refractivity contribution in [3.05, 3.63) is 87.2 Å². The summed E-state index contributed by atoms with van der Waals surface area (Å²) in [5.74, 6) is 0.307. The average Bonchev–Trinajstić information content (AvgIpc) is 3.35. The molecule has 0 saturated carbocycles. The van der Waals surface area contributed by atoms with Gasteiger partial charge in [-0.05, 0) is 18.6 Å². The van der Waals surface area contributed by atoms with E-state index < -0.39 is 0 Å². The second-order valence-corrected chi connectivity index (χ2v) is 7.76. The first-order valence-corrected chi connectivity index (χ1v) is 9.94. The number of benzene rings is 2. The fourth-order valence-corrected chi connectivity index (χ4v) is 4.63. The summed E-state index contributed by atoms with van der Waals surface area (Å²) in [6.07, 6.45) is 1.67. The van der Waals surface area contributed by atoms with E-state index in [0.717, 1.165) is 22.4 Å². The number of aryl methyl sites for hydroxylation is 1. The third kappa shape index (κ3) is 2.55. The van der Waals surface area contributed by atoms with Gasteiger partial charge in [-0.1, -0.05) is 59.9 Å². The van der Waals surface area contributed by atoms with Gasteiger partial charge in [0.2, 0.25) is 4.96 Å². The minimum atomic E-state index is -0.323. The van der Waals surface area contributed by atoms with Crippen molar-refractivity contribution in [2.45, 2.75) is 6.92 Å². The lowest BCUT2D eigenvalue weighted by Gasteiger charge is -2.13. The van der Waals surface area contributed by atoms with Gasteiger partial charge in [-0.15, -0.1) is 11.7 Å². The first-order valence-electron chi connectivity index (χ1n) is 9.12. The lowest BCUT2D eigenvalue weighted by molar-refractivity contribution is -0.112. The van der Waals surface area contributed by atoms with Crippen LogP contribution >= 0.6 is 11.3 Å². The first kappa shape index (κ1) is 17.5. The second kappa shape index (κ2) is 6.49. The van der Waals surface area contributed by atoms with Crippen molar-refractivity contribution in [3.63, 3.8) is 0 Å². The quantitative estimate of drug-likeness (QED) is 0.496. The van der Waals surface area contributed by atoms with Crippen molar-refractivity contribution in [2.24, 2.45) is 0 Å². The molecule has 0 fully saturated rings. The summed E-state index contributed by atoms with van der Waals surface area (Å²) in [5.41, 5.74) is 3.54. The Morgan fingerprint density at radius 2 is 1.79 bits per heavy atom. The number of rotatable bonds is 3. The SMILES string of the molecule is C=CCN1C(=O)C(=c2sc3nc(-c4ccccc4C)nn3c2=O)c2ccccc21. The van der Waals surface area contributed by atoms with Crippen LogP contribution in [0.25, 0.3) is 21.9 Å². The van der Waals surface area contributed by atoms with Crippen LogP contribution in [0.3, 0.4) is 0 Å².